The van der Waals surface area contributed by atoms with Crippen molar-refractivity contribution in [3.05, 3.63) is 27.4 Å². The summed E-state index contributed by atoms with van der Waals surface area (Å²) in [6.45, 7) is 9.06. The maximum Gasteiger partial charge on any atom is 0.268 e. The van der Waals surface area contributed by atoms with E-state index >= 15 is 0 Å². The molecule has 0 spiro atoms. The van der Waals surface area contributed by atoms with E-state index in [4.69, 9.17) is 0 Å². The van der Waals surface area contributed by atoms with Crippen LogP contribution in [0.1, 0.15) is 69.3 Å². The van der Waals surface area contributed by atoms with Gasteiger partial charge in [0.2, 0.25) is 0 Å². The third-order valence-electron chi connectivity index (χ3n) is 5.53. The van der Waals surface area contributed by atoms with Crippen molar-refractivity contribution in [2.75, 3.05) is 19.6 Å². The minimum Gasteiger partial charge on any atom is -0.506 e. The number of carbonyl (C=O) groups is 1. The van der Waals surface area contributed by atoms with Crippen LogP contribution in [0, 0.1) is 0 Å². The predicted octanol–water partition coefficient (Wildman–Crippen LogP) is 3.73. The van der Waals surface area contributed by atoms with Gasteiger partial charge in [-0.15, -0.1) is 11.3 Å². The molecule has 0 atom stereocenters. The van der Waals surface area contributed by atoms with Gasteiger partial charge in [0.05, 0.1) is 5.39 Å². The molecule has 1 aliphatic rings. The van der Waals surface area contributed by atoms with Gasteiger partial charge in [0.15, 0.2) is 0 Å². The quantitative estimate of drug-likeness (QED) is 0.688. The zero-order valence-corrected chi connectivity index (χ0v) is 17.8. The van der Waals surface area contributed by atoms with Crippen molar-refractivity contribution >= 4 is 27.5 Å². The molecule has 154 valence electrons. The van der Waals surface area contributed by atoms with E-state index in [0.717, 1.165) is 32.5 Å². The second-order valence-corrected chi connectivity index (χ2v) is 8.82. The lowest BCUT2D eigenvalue weighted by Crippen LogP contribution is -2.46. The number of nitrogens with one attached hydrogen (secondary N) is 1. The van der Waals surface area contributed by atoms with Gasteiger partial charge >= 0.3 is 0 Å². The van der Waals surface area contributed by atoms with Gasteiger partial charge in [-0.1, -0.05) is 19.8 Å². The van der Waals surface area contributed by atoms with Crippen LogP contribution in [0.15, 0.2) is 16.2 Å². The maximum absolute atomic E-state index is 13.0. The molecule has 1 fully saturated rings. The Morgan fingerprint density at radius 3 is 2.68 bits per heavy atom. The highest BCUT2D eigenvalue weighted by atomic mass is 32.1. The highest BCUT2D eigenvalue weighted by Crippen LogP contribution is 2.31. The van der Waals surface area contributed by atoms with Gasteiger partial charge in [-0.25, -0.2) is 0 Å². The molecule has 0 bridgehead atoms. The molecule has 3 rings (SSSR count). The molecule has 1 aliphatic heterocycles. The summed E-state index contributed by atoms with van der Waals surface area (Å²) in [4.78, 5) is 29.0. The first kappa shape index (κ1) is 20.9. The van der Waals surface area contributed by atoms with Crippen LogP contribution in [0.5, 0.6) is 5.75 Å². The first-order chi connectivity index (χ1) is 13.4. The van der Waals surface area contributed by atoms with E-state index in [0.29, 0.717) is 10.2 Å². The van der Waals surface area contributed by atoms with Crippen LogP contribution in [-0.2, 0) is 0 Å². The van der Waals surface area contributed by atoms with E-state index in [1.165, 1.54) is 30.6 Å². The van der Waals surface area contributed by atoms with E-state index < -0.39 is 11.5 Å². The van der Waals surface area contributed by atoms with Crippen molar-refractivity contribution in [1.29, 1.82) is 0 Å². The molecule has 0 unspecified atom stereocenters. The van der Waals surface area contributed by atoms with Gasteiger partial charge in [0.1, 0.15) is 16.1 Å². The molecule has 0 saturated carbocycles. The number of rotatable bonds is 7. The Hall–Kier alpha value is -1.86. The van der Waals surface area contributed by atoms with Gasteiger partial charge in [0.25, 0.3) is 11.5 Å². The van der Waals surface area contributed by atoms with Gasteiger partial charge in [-0.05, 0) is 51.1 Å². The van der Waals surface area contributed by atoms with Crippen LogP contribution in [0.4, 0.5) is 0 Å². The SMILES string of the molecule is CCCCCN1CCC(NC(=O)c2c(O)c3ccsc3n(C(C)C)c2=O)CC1. The van der Waals surface area contributed by atoms with Crippen LogP contribution in [0.2, 0.25) is 0 Å². The lowest BCUT2D eigenvalue weighted by Gasteiger charge is -2.32. The van der Waals surface area contributed by atoms with Crippen LogP contribution >= 0.6 is 11.3 Å². The number of pyridine rings is 1. The zero-order chi connectivity index (χ0) is 20.3. The number of amides is 1. The number of aromatic nitrogens is 1. The van der Waals surface area contributed by atoms with E-state index in [2.05, 4.69) is 17.1 Å². The van der Waals surface area contributed by atoms with Crippen LogP contribution < -0.4 is 10.9 Å². The van der Waals surface area contributed by atoms with Gasteiger partial charge in [0, 0.05) is 25.2 Å². The number of nitrogens with zero attached hydrogens (tertiary/aromatic N) is 2. The highest BCUT2D eigenvalue weighted by Gasteiger charge is 2.27. The molecule has 2 aromatic heterocycles. The summed E-state index contributed by atoms with van der Waals surface area (Å²) in [5.41, 5.74) is -0.554. The average molecular weight is 406 g/mol. The van der Waals surface area contributed by atoms with Crippen LogP contribution in [0.3, 0.4) is 0 Å². The molecule has 7 heteroatoms. The predicted molar refractivity (Wildman–Crippen MR) is 115 cm³/mol. The normalized spacial score (nSPS) is 16.1. The fraction of sp³-hybridized carbons (Fsp3) is 0.619. The largest absolute Gasteiger partial charge is 0.506 e. The van der Waals surface area contributed by atoms with E-state index in [1.807, 2.05) is 19.2 Å². The average Bonchev–Trinajstić information content (AvgIpc) is 3.13. The summed E-state index contributed by atoms with van der Waals surface area (Å²) in [6.07, 6.45) is 5.44. The molecule has 0 aromatic carbocycles. The fourth-order valence-electron chi connectivity index (χ4n) is 3.93. The number of hydrogen-bond acceptors (Lipinski definition) is 5. The number of piperidine rings is 1. The standard InChI is InChI=1S/C21H31N3O3S/c1-4-5-6-10-23-11-7-15(8-12-23)22-19(26)17-18(25)16-9-13-28-21(16)24(14(2)3)20(17)27/h9,13-15,25H,4-8,10-12H2,1-3H3,(H,22,26). The molecule has 6 nitrogen and oxygen atoms in total. The molecule has 0 radical (unpaired) electrons. The number of thiophene rings is 1. The molecule has 28 heavy (non-hydrogen) atoms. The summed E-state index contributed by atoms with van der Waals surface area (Å²) < 4.78 is 1.60. The van der Waals surface area contributed by atoms with Crippen LogP contribution in [-0.4, -0.2) is 46.2 Å². The van der Waals surface area contributed by atoms with E-state index in [-0.39, 0.29) is 23.4 Å². The molecule has 1 amide bonds. The first-order valence-corrected chi connectivity index (χ1v) is 11.2. The highest BCUT2D eigenvalue weighted by molar-refractivity contribution is 7.16. The number of aromatic hydroxyl groups is 1. The van der Waals surface area contributed by atoms with E-state index in [9.17, 15) is 14.7 Å². The molecular weight excluding hydrogens is 374 g/mol. The number of hydrogen-bond donors (Lipinski definition) is 2. The van der Waals surface area contributed by atoms with Crippen molar-refractivity contribution in [2.45, 2.75) is 65.0 Å². The summed E-state index contributed by atoms with van der Waals surface area (Å²) in [7, 11) is 0. The Kier molecular flexibility index (Phi) is 6.78. The lowest BCUT2D eigenvalue weighted by molar-refractivity contribution is 0.0906. The van der Waals surface area contributed by atoms with Crippen molar-refractivity contribution < 1.29 is 9.90 Å². The summed E-state index contributed by atoms with van der Waals surface area (Å²) in [5.74, 6) is -0.665. The lowest BCUT2D eigenvalue weighted by atomic mass is 10.0. The second-order valence-electron chi connectivity index (χ2n) is 7.93. The Labute approximate surface area is 170 Å². The summed E-state index contributed by atoms with van der Waals surface area (Å²) in [5, 5.41) is 16.0. The van der Waals surface area contributed by atoms with E-state index in [1.54, 1.807) is 10.6 Å². The number of likely N-dealkylation sites (tertiary alicyclic amines) is 1. The Bertz CT molecular complexity index is 879. The molecule has 2 N–H and O–H groups in total. The Balaban J connectivity index is 1.73. The van der Waals surface area contributed by atoms with Crippen molar-refractivity contribution in [1.82, 2.24) is 14.8 Å². The molecule has 1 saturated heterocycles. The topological polar surface area (TPSA) is 74.6 Å². The molecule has 2 aromatic rings. The second kappa shape index (κ2) is 9.09. The Morgan fingerprint density at radius 2 is 2.04 bits per heavy atom. The van der Waals surface area contributed by atoms with Gasteiger partial charge < -0.3 is 15.3 Å². The monoisotopic (exact) mass is 405 g/mol. The number of fused-ring (bicyclic) bond motifs is 1. The van der Waals surface area contributed by atoms with Gasteiger partial charge in [-0.2, -0.15) is 0 Å². The number of unbranched alkanes of at least 4 members (excludes halogenated alkanes) is 2. The fourth-order valence-corrected chi connectivity index (χ4v) is 4.97. The van der Waals surface area contributed by atoms with Crippen molar-refractivity contribution in [2.24, 2.45) is 0 Å². The first-order valence-electron chi connectivity index (χ1n) is 10.3. The minimum absolute atomic E-state index is 0.0411. The van der Waals surface area contributed by atoms with Crippen LogP contribution in [0.25, 0.3) is 10.2 Å². The summed E-state index contributed by atoms with van der Waals surface area (Å²) >= 11 is 1.40. The zero-order valence-electron chi connectivity index (χ0n) is 17.0. The minimum atomic E-state index is -0.463. The third-order valence-corrected chi connectivity index (χ3v) is 6.44. The maximum atomic E-state index is 13.0. The van der Waals surface area contributed by atoms with Gasteiger partial charge in [-0.3, -0.25) is 14.2 Å². The third kappa shape index (κ3) is 4.25. The molecule has 3 heterocycles. The molecule has 0 aliphatic carbocycles. The van der Waals surface area contributed by atoms with Crippen molar-refractivity contribution in [3.8, 4) is 5.75 Å². The number of carbonyl (C=O) groups excluding carboxylic acids is 1. The Morgan fingerprint density at radius 1 is 1.32 bits per heavy atom. The van der Waals surface area contributed by atoms with Crippen molar-refractivity contribution in [3.63, 3.8) is 0 Å². The molecular formula is C21H31N3O3S. The summed E-state index contributed by atoms with van der Waals surface area (Å²) in [6, 6.07) is 1.71. The smallest absolute Gasteiger partial charge is 0.268 e.